The van der Waals surface area contributed by atoms with E-state index in [0.717, 1.165) is 5.56 Å². The normalized spacial score (nSPS) is 14.9. The molecule has 1 rings (SSSR count). The van der Waals surface area contributed by atoms with E-state index in [1.807, 2.05) is 31.0 Å². The van der Waals surface area contributed by atoms with Gasteiger partial charge in [-0.25, -0.2) is 0 Å². The van der Waals surface area contributed by atoms with Crippen LogP contribution in [0, 0.1) is 0 Å². The fraction of sp³-hybridized carbons (Fsp3) is 0.429. The van der Waals surface area contributed by atoms with E-state index in [4.69, 9.17) is 15.7 Å². The topological polar surface area (TPSA) is 88.2 Å². The van der Waals surface area contributed by atoms with E-state index in [1.54, 1.807) is 19.1 Å². The molecule has 0 aliphatic carbocycles. The Bertz CT molecular complexity index is 485. The van der Waals surface area contributed by atoms with Crippen LogP contribution in [0.4, 0.5) is 0 Å². The first-order valence-corrected chi connectivity index (χ1v) is 6.30. The molecule has 0 amide bonds. The predicted octanol–water partition coefficient (Wildman–Crippen LogP) is 1.34. The van der Waals surface area contributed by atoms with E-state index >= 15 is 0 Å². The molecular formula is C14H21N3O3. The molecule has 0 aliphatic rings. The second-order valence-electron chi connectivity index (χ2n) is 4.65. The monoisotopic (exact) mass is 279 g/mol. The van der Waals surface area contributed by atoms with Crippen LogP contribution >= 0.6 is 0 Å². The molecule has 0 aliphatic heterocycles. The largest absolute Gasteiger partial charge is 0.468 e. The van der Waals surface area contributed by atoms with Crippen LogP contribution in [0.1, 0.15) is 31.0 Å². The number of methoxy groups -OCH3 is 1. The van der Waals surface area contributed by atoms with E-state index in [-0.39, 0.29) is 23.9 Å². The first kappa shape index (κ1) is 16.0. The zero-order valence-corrected chi connectivity index (χ0v) is 12.2. The number of nitrogens with two attached hydrogens (primary N) is 1. The second-order valence-corrected chi connectivity index (χ2v) is 4.65. The van der Waals surface area contributed by atoms with E-state index < -0.39 is 0 Å². The lowest BCUT2D eigenvalue weighted by atomic mass is 10.0. The van der Waals surface area contributed by atoms with Crippen LogP contribution in [0.25, 0.3) is 0 Å². The molecule has 0 saturated heterocycles. The summed E-state index contributed by atoms with van der Waals surface area (Å²) < 4.78 is 4.74. The Hall–Kier alpha value is -2.08. The van der Waals surface area contributed by atoms with Gasteiger partial charge in [-0.05, 0) is 26.5 Å². The Morgan fingerprint density at radius 3 is 2.35 bits per heavy atom. The van der Waals surface area contributed by atoms with Crippen molar-refractivity contribution in [3.05, 3.63) is 35.4 Å². The zero-order chi connectivity index (χ0) is 15.3. The molecule has 6 heteroatoms. The third-order valence-corrected chi connectivity index (χ3v) is 3.56. The molecule has 1 unspecified atom stereocenters. The van der Waals surface area contributed by atoms with Gasteiger partial charge in [0.1, 0.15) is 6.04 Å². The van der Waals surface area contributed by atoms with Gasteiger partial charge in [0.15, 0.2) is 5.84 Å². The molecule has 0 radical (unpaired) electrons. The highest BCUT2D eigenvalue weighted by Crippen LogP contribution is 2.21. The molecule has 2 atom stereocenters. The van der Waals surface area contributed by atoms with Crippen molar-refractivity contribution in [2.24, 2.45) is 10.9 Å². The highest BCUT2D eigenvalue weighted by molar-refractivity contribution is 5.96. The highest BCUT2D eigenvalue weighted by atomic mass is 16.5. The fourth-order valence-electron chi connectivity index (χ4n) is 1.90. The van der Waals surface area contributed by atoms with Gasteiger partial charge in [-0.15, -0.1) is 0 Å². The van der Waals surface area contributed by atoms with Gasteiger partial charge in [-0.2, -0.15) is 0 Å². The van der Waals surface area contributed by atoms with Gasteiger partial charge in [-0.1, -0.05) is 29.4 Å². The van der Waals surface area contributed by atoms with E-state index in [0.29, 0.717) is 5.56 Å². The minimum absolute atomic E-state index is 0.0328. The third kappa shape index (κ3) is 3.48. The Kier molecular flexibility index (Phi) is 5.52. The molecule has 0 fully saturated rings. The number of rotatable bonds is 5. The van der Waals surface area contributed by atoms with Crippen LogP contribution in [0.5, 0.6) is 0 Å². The molecule has 6 nitrogen and oxygen atoms in total. The molecule has 110 valence electrons. The number of likely N-dealkylation sites (N-methyl/N-ethyl adjacent to an activating group) is 1. The maximum Gasteiger partial charge on any atom is 0.322 e. The Morgan fingerprint density at radius 1 is 1.35 bits per heavy atom. The summed E-state index contributed by atoms with van der Waals surface area (Å²) in [4.78, 5) is 13.5. The van der Waals surface area contributed by atoms with Crippen molar-refractivity contribution >= 4 is 11.8 Å². The number of nitrogens with zero attached hydrogens (tertiary/aromatic N) is 2. The van der Waals surface area contributed by atoms with Crippen molar-refractivity contribution in [1.29, 1.82) is 0 Å². The SMILES string of the molecule is COC(=O)[C@H](C)N(C)C(C)c1ccc(C(N)=NO)cc1. The van der Waals surface area contributed by atoms with Crippen LogP contribution in [-0.2, 0) is 9.53 Å². The average molecular weight is 279 g/mol. The van der Waals surface area contributed by atoms with Crippen molar-refractivity contribution in [3.63, 3.8) is 0 Å². The lowest BCUT2D eigenvalue weighted by Gasteiger charge is -2.29. The molecule has 1 aromatic carbocycles. The summed E-state index contributed by atoms with van der Waals surface area (Å²) in [7, 11) is 3.24. The standard InChI is InChI=1S/C14H21N3O3/c1-9(17(3)10(2)14(18)20-4)11-5-7-12(8-6-11)13(15)16-19/h5-10,19H,1-4H3,(H2,15,16)/t9?,10-/m0/s1. The van der Waals surface area contributed by atoms with Crippen LogP contribution in [0.2, 0.25) is 0 Å². The average Bonchev–Trinajstić information content (AvgIpc) is 2.51. The van der Waals surface area contributed by atoms with Crippen LogP contribution in [-0.4, -0.2) is 42.1 Å². The molecule has 0 saturated carbocycles. The number of oxime groups is 1. The lowest BCUT2D eigenvalue weighted by Crippen LogP contribution is -2.38. The molecule has 0 aromatic heterocycles. The van der Waals surface area contributed by atoms with Crippen molar-refractivity contribution < 1.29 is 14.7 Å². The highest BCUT2D eigenvalue weighted by Gasteiger charge is 2.23. The minimum atomic E-state index is -0.334. The number of amidine groups is 1. The van der Waals surface area contributed by atoms with Gasteiger partial charge >= 0.3 is 5.97 Å². The smallest absolute Gasteiger partial charge is 0.322 e. The van der Waals surface area contributed by atoms with Gasteiger partial charge in [0.05, 0.1) is 7.11 Å². The van der Waals surface area contributed by atoms with Gasteiger partial charge in [0.25, 0.3) is 0 Å². The number of carbonyl (C=O) groups excluding carboxylic acids is 1. The Labute approximate surface area is 118 Å². The number of esters is 1. The number of hydrogen-bond donors (Lipinski definition) is 2. The third-order valence-electron chi connectivity index (χ3n) is 3.56. The zero-order valence-electron chi connectivity index (χ0n) is 12.2. The lowest BCUT2D eigenvalue weighted by molar-refractivity contribution is -0.146. The Balaban J connectivity index is 2.87. The van der Waals surface area contributed by atoms with Gasteiger partial charge in [0, 0.05) is 11.6 Å². The van der Waals surface area contributed by atoms with Crippen LogP contribution in [0.15, 0.2) is 29.4 Å². The molecule has 20 heavy (non-hydrogen) atoms. The van der Waals surface area contributed by atoms with Crippen molar-refractivity contribution in [2.75, 3.05) is 14.2 Å². The first-order chi connectivity index (χ1) is 9.42. The van der Waals surface area contributed by atoms with Crippen molar-refractivity contribution in [2.45, 2.75) is 25.9 Å². The van der Waals surface area contributed by atoms with Crippen molar-refractivity contribution in [3.8, 4) is 0 Å². The minimum Gasteiger partial charge on any atom is -0.468 e. The summed E-state index contributed by atoms with van der Waals surface area (Å²) in [5, 5.41) is 11.6. The molecule has 1 aromatic rings. The molecular weight excluding hydrogens is 258 g/mol. The molecule has 0 heterocycles. The van der Waals surface area contributed by atoms with Crippen LogP contribution in [0.3, 0.4) is 0 Å². The molecule has 0 bridgehead atoms. The van der Waals surface area contributed by atoms with Gasteiger partial charge in [0.2, 0.25) is 0 Å². The maximum absolute atomic E-state index is 11.5. The number of hydrogen-bond acceptors (Lipinski definition) is 5. The number of ether oxygens (including phenoxy) is 1. The van der Waals surface area contributed by atoms with Crippen LogP contribution < -0.4 is 5.73 Å². The summed E-state index contributed by atoms with van der Waals surface area (Å²) in [6.45, 7) is 3.80. The van der Waals surface area contributed by atoms with E-state index in [1.165, 1.54) is 7.11 Å². The van der Waals surface area contributed by atoms with E-state index in [9.17, 15) is 4.79 Å². The fourth-order valence-corrected chi connectivity index (χ4v) is 1.90. The Morgan fingerprint density at radius 2 is 1.90 bits per heavy atom. The molecule has 0 spiro atoms. The summed E-state index contributed by atoms with van der Waals surface area (Å²) in [6.07, 6.45) is 0. The maximum atomic E-state index is 11.5. The summed E-state index contributed by atoms with van der Waals surface area (Å²) in [6, 6.07) is 7.02. The predicted molar refractivity (Wildman–Crippen MR) is 76.6 cm³/mol. The van der Waals surface area contributed by atoms with E-state index in [2.05, 4.69) is 5.16 Å². The second kappa shape index (κ2) is 6.91. The summed E-state index contributed by atoms with van der Waals surface area (Å²) >= 11 is 0. The van der Waals surface area contributed by atoms with Crippen molar-refractivity contribution in [1.82, 2.24) is 4.90 Å². The summed E-state index contributed by atoms with van der Waals surface area (Å²) in [5.41, 5.74) is 7.19. The number of carbonyl (C=O) groups is 1. The first-order valence-electron chi connectivity index (χ1n) is 6.30. The number of benzene rings is 1. The molecule has 3 N–H and O–H groups in total. The van der Waals surface area contributed by atoms with Gasteiger partial charge in [-0.3, -0.25) is 9.69 Å². The quantitative estimate of drug-likeness (QED) is 0.279. The summed E-state index contributed by atoms with van der Waals surface area (Å²) in [5.74, 6) is -0.201. The van der Waals surface area contributed by atoms with Gasteiger partial charge < -0.3 is 15.7 Å².